The van der Waals surface area contributed by atoms with Crippen molar-refractivity contribution in [3.63, 3.8) is 0 Å². The SMILES string of the molecule is O=[N+]([O-])c1ccc(S(=O)(=O)CCN2CCC2C(F)(F)F)cc1. The van der Waals surface area contributed by atoms with E-state index in [1.165, 1.54) is 0 Å². The Morgan fingerprint density at radius 3 is 2.27 bits per heavy atom. The summed E-state index contributed by atoms with van der Waals surface area (Å²) in [6, 6.07) is 2.69. The van der Waals surface area contributed by atoms with E-state index in [9.17, 15) is 31.7 Å². The van der Waals surface area contributed by atoms with Crippen molar-refractivity contribution in [1.29, 1.82) is 0 Å². The lowest BCUT2D eigenvalue weighted by Crippen LogP contribution is -2.56. The third kappa shape index (κ3) is 3.55. The monoisotopic (exact) mass is 338 g/mol. The first-order valence-corrected chi connectivity index (χ1v) is 8.04. The van der Waals surface area contributed by atoms with Crippen molar-refractivity contribution in [2.45, 2.75) is 23.5 Å². The lowest BCUT2D eigenvalue weighted by Gasteiger charge is -2.41. The number of non-ortho nitro benzene ring substituents is 1. The van der Waals surface area contributed by atoms with Gasteiger partial charge in [-0.3, -0.25) is 15.0 Å². The number of hydrogen-bond acceptors (Lipinski definition) is 5. The first kappa shape index (κ1) is 16.7. The molecule has 10 heteroatoms. The molecule has 0 spiro atoms. The van der Waals surface area contributed by atoms with Crippen LogP contribution in [0.25, 0.3) is 0 Å². The largest absolute Gasteiger partial charge is 0.404 e. The fourth-order valence-corrected chi connectivity index (χ4v) is 3.47. The first-order valence-electron chi connectivity index (χ1n) is 6.39. The molecule has 0 aliphatic carbocycles. The molecule has 1 heterocycles. The minimum atomic E-state index is -4.35. The van der Waals surface area contributed by atoms with Crippen molar-refractivity contribution < 1.29 is 26.5 Å². The van der Waals surface area contributed by atoms with E-state index in [1.807, 2.05) is 0 Å². The molecule has 0 N–H and O–H groups in total. The number of sulfone groups is 1. The smallest absolute Gasteiger partial charge is 0.291 e. The third-order valence-corrected chi connectivity index (χ3v) is 5.27. The van der Waals surface area contributed by atoms with Gasteiger partial charge >= 0.3 is 6.18 Å². The number of halogens is 3. The van der Waals surface area contributed by atoms with Crippen LogP contribution in [0.2, 0.25) is 0 Å². The lowest BCUT2D eigenvalue weighted by molar-refractivity contribution is -0.384. The molecule has 1 aliphatic heterocycles. The third-order valence-electron chi connectivity index (χ3n) is 3.56. The molecule has 0 bridgehead atoms. The summed E-state index contributed by atoms with van der Waals surface area (Å²) in [5.41, 5.74) is -0.251. The summed E-state index contributed by atoms with van der Waals surface area (Å²) in [6.45, 7) is -0.0105. The topological polar surface area (TPSA) is 80.5 Å². The quantitative estimate of drug-likeness (QED) is 0.606. The van der Waals surface area contributed by atoms with Gasteiger partial charge < -0.3 is 0 Å². The number of nitrogens with zero attached hydrogens (tertiary/aromatic N) is 2. The van der Waals surface area contributed by atoms with Crippen LogP contribution in [-0.4, -0.2) is 49.3 Å². The Labute approximate surface area is 124 Å². The second-order valence-corrected chi connectivity index (χ2v) is 7.06. The predicted molar refractivity (Wildman–Crippen MR) is 71.2 cm³/mol. The number of nitro benzene ring substituents is 1. The molecule has 0 saturated carbocycles. The predicted octanol–water partition coefficient (Wildman–Crippen LogP) is 2.01. The zero-order valence-electron chi connectivity index (χ0n) is 11.3. The van der Waals surface area contributed by atoms with E-state index in [-0.39, 0.29) is 30.1 Å². The minimum absolute atomic E-state index is 0.0267. The molecule has 1 aliphatic rings. The van der Waals surface area contributed by atoms with E-state index < -0.39 is 32.7 Å². The summed E-state index contributed by atoms with van der Waals surface area (Å²) >= 11 is 0. The van der Waals surface area contributed by atoms with Gasteiger partial charge in [-0.1, -0.05) is 0 Å². The summed E-state index contributed by atoms with van der Waals surface area (Å²) in [4.78, 5) is 10.8. The molecule has 122 valence electrons. The number of likely N-dealkylation sites (tertiary alicyclic amines) is 1. The molecule has 1 unspecified atom stereocenters. The average Bonchev–Trinajstić information content (AvgIpc) is 2.35. The van der Waals surface area contributed by atoms with E-state index in [0.717, 1.165) is 29.2 Å². The van der Waals surface area contributed by atoms with Gasteiger partial charge in [0.2, 0.25) is 0 Å². The molecule has 0 radical (unpaired) electrons. The standard InChI is InChI=1S/C12H13F3N2O4S/c13-12(14,15)11-5-6-16(11)7-8-22(20,21)10-3-1-9(2-4-10)17(18)19/h1-4,11H,5-8H2. The summed E-state index contributed by atoms with van der Waals surface area (Å²) in [5.74, 6) is -0.461. The molecule has 1 aromatic carbocycles. The van der Waals surface area contributed by atoms with Crippen molar-refractivity contribution in [2.24, 2.45) is 0 Å². The zero-order valence-corrected chi connectivity index (χ0v) is 12.1. The van der Waals surface area contributed by atoms with Gasteiger partial charge in [-0.15, -0.1) is 0 Å². The molecule has 1 atom stereocenters. The molecule has 0 aromatic heterocycles. The van der Waals surface area contributed by atoms with Crippen LogP contribution in [0, 0.1) is 10.1 Å². The fourth-order valence-electron chi connectivity index (χ4n) is 2.21. The van der Waals surface area contributed by atoms with E-state index in [1.54, 1.807) is 0 Å². The van der Waals surface area contributed by atoms with Crippen molar-refractivity contribution in [3.8, 4) is 0 Å². The number of nitro groups is 1. The maximum atomic E-state index is 12.6. The van der Waals surface area contributed by atoms with Gasteiger partial charge in [-0.2, -0.15) is 13.2 Å². The number of rotatable bonds is 5. The molecule has 1 aromatic rings. The summed E-state index contributed by atoms with van der Waals surface area (Å²) in [7, 11) is -3.77. The molecule has 0 amide bonds. The highest BCUT2D eigenvalue weighted by Gasteiger charge is 2.48. The molecule has 1 fully saturated rings. The molecule has 1 saturated heterocycles. The number of alkyl halides is 3. The Hall–Kier alpha value is -1.68. The second kappa shape index (κ2) is 5.84. The van der Waals surface area contributed by atoms with Crippen LogP contribution in [-0.2, 0) is 9.84 Å². The van der Waals surface area contributed by atoms with Gasteiger partial charge in [0.1, 0.15) is 6.04 Å². The van der Waals surface area contributed by atoms with E-state index in [4.69, 9.17) is 0 Å². The van der Waals surface area contributed by atoms with Gasteiger partial charge in [0.25, 0.3) is 5.69 Å². The molecular formula is C12H13F3N2O4S. The Balaban J connectivity index is 2.01. The van der Waals surface area contributed by atoms with Crippen LogP contribution in [0.15, 0.2) is 29.2 Å². The van der Waals surface area contributed by atoms with Crippen LogP contribution in [0.5, 0.6) is 0 Å². The van der Waals surface area contributed by atoms with Crippen LogP contribution < -0.4 is 0 Å². The van der Waals surface area contributed by atoms with Gasteiger partial charge in [0.05, 0.1) is 15.6 Å². The van der Waals surface area contributed by atoms with E-state index in [2.05, 4.69) is 0 Å². The van der Waals surface area contributed by atoms with Crippen molar-refractivity contribution in [1.82, 2.24) is 4.90 Å². The van der Waals surface area contributed by atoms with Gasteiger partial charge in [0, 0.05) is 25.2 Å². The maximum absolute atomic E-state index is 12.6. The van der Waals surface area contributed by atoms with E-state index in [0.29, 0.717) is 0 Å². The Kier molecular flexibility index (Phi) is 4.43. The van der Waals surface area contributed by atoms with Crippen LogP contribution in [0.1, 0.15) is 6.42 Å². The molecular weight excluding hydrogens is 325 g/mol. The summed E-state index contributed by atoms with van der Waals surface area (Å²) < 4.78 is 61.7. The Morgan fingerprint density at radius 2 is 1.86 bits per heavy atom. The highest BCUT2D eigenvalue weighted by molar-refractivity contribution is 7.91. The number of benzene rings is 1. The zero-order chi connectivity index (χ0) is 16.5. The van der Waals surface area contributed by atoms with Crippen LogP contribution in [0.3, 0.4) is 0 Å². The van der Waals surface area contributed by atoms with Crippen molar-refractivity contribution in [3.05, 3.63) is 34.4 Å². The lowest BCUT2D eigenvalue weighted by atomic mass is 10.0. The normalized spacial score (nSPS) is 19.7. The average molecular weight is 338 g/mol. The Morgan fingerprint density at radius 1 is 1.27 bits per heavy atom. The van der Waals surface area contributed by atoms with Crippen molar-refractivity contribution in [2.75, 3.05) is 18.8 Å². The highest BCUT2D eigenvalue weighted by atomic mass is 32.2. The highest BCUT2D eigenvalue weighted by Crippen LogP contribution is 2.33. The van der Waals surface area contributed by atoms with Crippen LogP contribution in [0.4, 0.5) is 18.9 Å². The maximum Gasteiger partial charge on any atom is 0.404 e. The molecule has 2 rings (SSSR count). The van der Waals surface area contributed by atoms with Gasteiger partial charge in [-0.25, -0.2) is 8.42 Å². The summed E-state index contributed by atoms with van der Waals surface area (Å²) in [6.07, 6.45) is -4.38. The van der Waals surface area contributed by atoms with Crippen molar-refractivity contribution >= 4 is 15.5 Å². The Bertz CT molecular complexity index is 658. The number of hydrogen-bond donors (Lipinski definition) is 0. The summed E-state index contributed by atoms with van der Waals surface area (Å²) in [5, 5.41) is 10.5. The van der Waals surface area contributed by atoms with Gasteiger partial charge in [-0.05, 0) is 18.6 Å². The second-order valence-electron chi connectivity index (χ2n) is 4.95. The molecule has 6 nitrogen and oxygen atoms in total. The van der Waals surface area contributed by atoms with E-state index >= 15 is 0 Å². The first-order chi connectivity index (χ1) is 10.1. The van der Waals surface area contributed by atoms with Crippen LogP contribution >= 0.6 is 0 Å². The minimum Gasteiger partial charge on any atom is -0.291 e. The van der Waals surface area contributed by atoms with Gasteiger partial charge in [0.15, 0.2) is 9.84 Å². The molecule has 22 heavy (non-hydrogen) atoms. The fraction of sp³-hybridized carbons (Fsp3) is 0.500.